The lowest BCUT2D eigenvalue weighted by molar-refractivity contribution is -0.119. The molecule has 134 valence electrons. The minimum Gasteiger partial charge on any atom is -0.378 e. The second kappa shape index (κ2) is 9.01. The quantitative estimate of drug-likeness (QED) is 0.862. The number of anilines is 1. The van der Waals surface area contributed by atoms with Gasteiger partial charge in [-0.2, -0.15) is 0 Å². The highest BCUT2D eigenvalue weighted by Crippen LogP contribution is 2.22. The smallest absolute Gasteiger partial charge is 0.254 e. The molecule has 2 unspecified atom stereocenters. The summed E-state index contributed by atoms with van der Waals surface area (Å²) in [6, 6.07) is 5.15. The minimum atomic E-state index is -0.298. The monoisotopic (exact) mass is 355 g/mol. The van der Waals surface area contributed by atoms with Gasteiger partial charge in [-0.1, -0.05) is 13.0 Å². The summed E-state index contributed by atoms with van der Waals surface area (Å²) in [5, 5.41) is 2.88. The second-order valence-corrected chi connectivity index (χ2v) is 6.02. The van der Waals surface area contributed by atoms with Crippen molar-refractivity contribution in [2.75, 3.05) is 31.6 Å². The first kappa shape index (κ1) is 20.4. The Balaban J connectivity index is 0.00000288. The van der Waals surface area contributed by atoms with Gasteiger partial charge in [-0.15, -0.1) is 12.4 Å². The number of benzene rings is 1. The number of rotatable bonds is 4. The summed E-state index contributed by atoms with van der Waals surface area (Å²) >= 11 is 0. The molecule has 0 aliphatic carbocycles. The van der Waals surface area contributed by atoms with Crippen LogP contribution in [0.25, 0.3) is 0 Å². The molecule has 1 aliphatic rings. The third kappa shape index (κ3) is 4.69. The van der Waals surface area contributed by atoms with E-state index in [1.54, 1.807) is 36.9 Å². The van der Waals surface area contributed by atoms with Crippen LogP contribution in [0.1, 0.15) is 29.8 Å². The standard InChI is InChI=1S/C17H25N3O3.ClH/c1-11(13(3)18)16(21)19-15-6-4-5-14(12(15)2)17(22)20-7-9-23-10-8-20;/h4-6,11,13H,7-10,18H2,1-3H3,(H,19,21);1H. The number of amides is 2. The molecule has 1 aromatic rings. The first-order valence-corrected chi connectivity index (χ1v) is 7.95. The molecule has 6 nitrogen and oxygen atoms in total. The van der Waals surface area contributed by atoms with Crippen molar-refractivity contribution in [1.82, 2.24) is 4.90 Å². The van der Waals surface area contributed by atoms with Crippen LogP contribution in [0, 0.1) is 12.8 Å². The topological polar surface area (TPSA) is 84.7 Å². The van der Waals surface area contributed by atoms with Crippen molar-refractivity contribution >= 4 is 29.9 Å². The maximum atomic E-state index is 12.6. The van der Waals surface area contributed by atoms with Gasteiger partial charge in [0.25, 0.3) is 5.91 Å². The van der Waals surface area contributed by atoms with Gasteiger partial charge in [0.1, 0.15) is 0 Å². The maximum absolute atomic E-state index is 12.6. The molecule has 7 heteroatoms. The molecule has 0 spiro atoms. The predicted octanol–water partition coefficient (Wildman–Crippen LogP) is 1.81. The van der Waals surface area contributed by atoms with Crippen LogP contribution in [0.5, 0.6) is 0 Å². The Labute approximate surface area is 149 Å². The molecule has 0 saturated carbocycles. The Morgan fingerprint density at radius 2 is 1.88 bits per heavy atom. The van der Waals surface area contributed by atoms with Crippen molar-refractivity contribution in [3.05, 3.63) is 29.3 Å². The predicted molar refractivity (Wildman–Crippen MR) is 96.6 cm³/mol. The molecule has 24 heavy (non-hydrogen) atoms. The summed E-state index contributed by atoms with van der Waals surface area (Å²) in [5.41, 5.74) is 7.81. The van der Waals surface area contributed by atoms with Crippen LogP contribution < -0.4 is 11.1 Å². The number of halogens is 1. The fourth-order valence-electron chi connectivity index (χ4n) is 2.42. The zero-order valence-electron chi connectivity index (χ0n) is 14.4. The highest BCUT2D eigenvalue weighted by Gasteiger charge is 2.22. The van der Waals surface area contributed by atoms with Crippen molar-refractivity contribution in [2.24, 2.45) is 11.7 Å². The van der Waals surface area contributed by atoms with Gasteiger partial charge in [0, 0.05) is 30.4 Å². The van der Waals surface area contributed by atoms with E-state index in [2.05, 4.69) is 5.32 Å². The molecule has 2 atom stereocenters. The van der Waals surface area contributed by atoms with Crippen molar-refractivity contribution in [2.45, 2.75) is 26.8 Å². The molecule has 3 N–H and O–H groups in total. The molecular weight excluding hydrogens is 330 g/mol. The fourth-order valence-corrected chi connectivity index (χ4v) is 2.42. The maximum Gasteiger partial charge on any atom is 0.254 e. The van der Waals surface area contributed by atoms with Gasteiger partial charge in [0.05, 0.1) is 19.1 Å². The van der Waals surface area contributed by atoms with Gasteiger partial charge in [-0.25, -0.2) is 0 Å². The fraction of sp³-hybridized carbons (Fsp3) is 0.529. The molecule has 1 saturated heterocycles. The third-order valence-corrected chi connectivity index (χ3v) is 4.32. The summed E-state index contributed by atoms with van der Waals surface area (Å²) in [7, 11) is 0. The number of hydrogen-bond acceptors (Lipinski definition) is 4. The molecule has 2 amide bonds. The third-order valence-electron chi connectivity index (χ3n) is 4.32. The zero-order valence-corrected chi connectivity index (χ0v) is 15.2. The van der Waals surface area contributed by atoms with Crippen molar-refractivity contribution < 1.29 is 14.3 Å². The average molecular weight is 356 g/mol. The van der Waals surface area contributed by atoms with E-state index in [1.165, 1.54) is 0 Å². The van der Waals surface area contributed by atoms with E-state index in [-0.39, 0.29) is 36.2 Å². The number of carbonyl (C=O) groups excluding carboxylic acids is 2. The van der Waals surface area contributed by atoms with Crippen LogP contribution in [0.15, 0.2) is 18.2 Å². The Hall–Kier alpha value is -1.63. The SMILES string of the molecule is Cc1c(NC(=O)C(C)C(C)N)cccc1C(=O)N1CCOCC1.Cl. The Bertz CT molecular complexity index is 586. The molecule has 0 aromatic heterocycles. The van der Waals surface area contributed by atoms with Crippen LogP contribution in [-0.4, -0.2) is 49.1 Å². The number of morpholine rings is 1. The van der Waals surface area contributed by atoms with Crippen LogP contribution in [-0.2, 0) is 9.53 Å². The van der Waals surface area contributed by atoms with E-state index in [0.29, 0.717) is 37.6 Å². The largest absolute Gasteiger partial charge is 0.378 e. The molecule has 1 heterocycles. The van der Waals surface area contributed by atoms with Gasteiger partial charge < -0.3 is 20.7 Å². The lowest BCUT2D eigenvalue weighted by Gasteiger charge is -2.27. The first-order chi connectivity index (χ1) is 10.9. The Morgan fingerprint density at radius 3 is 2.46 bits per heavy atom. The molecule has 0 radical (unpaired) electrons. The van der Waals surface area contributed by atoms with Crippen molar-refractivity contribution in [1.29, 1.82) is 0 Å². The summed E-state index contributed by atoms with van der Waals surface area (Å²) in [6.45, 7) is 7.75. The van der Waals surface area contributed by atoms with E-state index in [9.17, 15) is 9.59 Å². The number of nitrogens with one attached hydrogen (secondary N) is 1. The van der Waals surface area contributed by atoms with Gasteiger partial charge in [-0.05, 0) is 31.5 Å². The Morgan fingerprint density at radius 1 is 1.25 bits per heavy atom. The number of ether oxygens (including phenoxy) is 1. The van der Waals surface area contributed by atoms with Crippen LogP contribution >= 0.6 is 12.4 Å². The van der Waals surface area contributed by atoms with Crippen LogP contribution in [0.3, 0.4) is 0 Å². The molecule has 0 bridgehead atoms. The summed E-state index contributed by atoms with van der Waals surface area (Å²) in [5.74, 6) is -0.464. The van der Waals surface area contributed by atoms with Gasteiger partial charge in [0.15, 0.2) is 0 Å². The lowest BCUT2D eigenvalue weighted by atomic mass is 10.0. The number of nitrogens with zero attached hydrogens (tertiary/aromatic N) is 1. The van der Waals surface area contributed by atoms with Crippen molar-refractivity contribution in [3.63, 3.8) is 0 Å². The molecule has 1 aromatic carbocycles. The highest BCUT2D eigenvalue weighted by molar-refractivity contribution is 5.99. The second-order valence-electron chi connectivity index (χ2n) is 6.02. The van der Waals surface area contributed by atoms with Gasteiger partial charge >= 0.3 is 0 Å². The summed E-state index contributed by atoms with van der Waals surface area (Å²) in [6.07, 6.45) is 0. The van der Waals surface area contributed by atoms with Gasteiger partial charge in [0.2, 0.25) is 5.91 Å². The van der Waals surface area contributed by atoms with E-state index >= 15 is 0 Å². The summed E-state index contributed by atoms with van der Waals surface area (Å²) < 4.78 is 5.28. The summed E-state index contributed by atoms with van der Waals surface area (Å²) in [4.78, 5) is 26.6. The normalized spacial score (nSPS) is 16.8. The number of carbonyl (C=O) groups is 2. The Kier molecular flexibility index (Phi) is 7.66. The van der Waals surface area contributed by atoms with Crippen LogP contribution in [0.2, 0.25) is 0 Å². The lowest BCUT2D eigenvalue weighted by Crippen LogP contribution is -2.41. The van der Waals surface area contributed by atoms with Gasteiger partial charge in [-0.3, -0.25) is 9.59 Å². The zero-order chi connectivity index (χ0) is 17.0. The average Bonchev–Trinajstić information content (AvgIpc) is 2.56. The first-order valence-electron chi connectivity index (χ1n) is 7.95. The van der Waals surface area contributed by atoms with E-state index in [1.807, 2.05) is 6.92 Å². The minimum absolute atomic E-state index is 0. The number of nitrogens with two attached hydrogens (primary N) is 1. The van der Waals surface area contributed by atoms with E-state index < -0.39 is 0 Å². The molecule has 1 aliphatic heterocycles. The number of hydrogen-bond donors (Lipinski definition) is 2. The van der Waals surface area contributed by atoms with Crippen molar-refractivity contribution in [3.8, 4) is 0 Å². The molecular formula is C17H26ClN3O3. The van der Waals surface area contributed by atoms with Crippen LogP contribution in [0.4, 0.5) is 5.69 Å². The molecule has 2 rings (SSSR count). The highest BCUT2D eigenvalue weighted by atomic mass is 35.5. The van der Waals surface area contributed by atoms with E-state index in [4.69, 9.17) is 10.5 Å². The molecule has 1 fully saturated rings. The van der Waals surface area contributed by atoms with E-state index in [0.717, 1.165) is 5.56 Å².